The molecule has 0 saturated carbocycles. The van der Waals surface area contributed by atoms with Gasteiger partial charge in [-0.15, -0.1) is 0 Å². The zero-order valence-electron chi connectivity index (χ0n) is 10.8. The van der Waals surface area contributed by atoms with E-state index in [1.807, 2.05) is 11.8 Å². The number of allylic oxidation sites excluding steroid dienone is 1. The van der Waals surface area contributed by atoms with Crippen LogP contribution in [0.2, 0.25) is 0 Å². The molecule has 1 unspecified atom stereocenters. The molecule has 0 aliphatic carbocycles. The van der Waals surface area contributed by atoms with Crippen molar-refractivity contribution in [2.75, 3.05) is 19.6 Å². The van der Waals surface area contributed by atoms with Gasteiger partial charge in [0.05, 0.1) is 6.04 Å². The van der Waals surface area contributed by atoms with Crippen LogP contribution in [0, 0.1) is 0 Å². The molecule has 3 heteroatoms. The lowest BCUT2D eigenvalue weighted by molar-refractivity contribution is -0.133. The van der Waals surface area contributed by atoms with Gasteiger partial charge in [0.1, 0.15) is 0 Å². The van der Waals surface area contributed by atoms with Crippen molar-refractivity contribution in [1.29, 1.82) is 0 Å². The Morgan fingerprint density at radius 3 is 2.50 bits per heavy atom. The van der Waals surface area contributed by atoms with Gasteiger partial charge >= 0.3 is 0 Å². The maximum Gasteiger partial charge on any atom is 0.239 e. The molecule has 0 bridgehead atoms. The van der Waals surface area contributed by atoms with Crippen molar-refractivity contribution in [3.8, 4) is 0 Å². The lowest BCUT2D eigenvalue weighted by atomic mass is 10.1. The minimum Gasteiger partial charge on any atom is -0.341 e. The fourth-order valence-corrected chi connectivity index (χ4v) is 1.92. The number of nitrogens with one attached hydrogen (secondary N) is 1. The summed E-state index contributed by atoms with van der Waals surface area (Å²) >= 11 is 0. The first-order valence-electron chi connectivity index (χ1n) is 6.27. The number of piperidine rings is 1. The van der Waals surface area contributed by atoms with Crippen molar-refractivity contribution in [2.45, 2.75) is 46.1 Å². The van der Waals surface area contributed by atoms with Gasteiger partial charge in [0.15, 0.2) is 0 Å². The largest absolute Gasteiger partial charge is 0.341 e. The fourth-order valence-electron chi connectivity index (χ4n) is 1.92. The van der Waals surface area contributed by atoms with Crippen LogP contribution >= 0.6 is 0 Å². The molecule has 1 N–H and O–H groups in total. The predicted octanol–water partition coefficient (Wildman–Crippen LogP) is 1.94. The second-order valence-corrected chi connectivity index (χ2v) is 4.80. The molecule has 0 aromatic carbocycles. The number of nitrogens with zero attached hydrogens (tertiary/aromatic N) is 1. The van der Waals surface area contributed by atoms with Crippen molar-refractivity contribution in [3.63, 3.8) is 0 Å². The maximum absolute atomic E-state index is 12.0. The van der Waals surface area contributed by atoms with Crippen LogP contribution in [-0.4, -0.2) is 36.5 Å². The summed E-state index contributed by atoms with van der Waals surface area (Å²) in [5.74, 6) is 0.252. The van der Waals surface area contributed by atoms with E-state index >= 15 is 0 Å². The molecule has 1 rings (SSSR count). The molecule has 1 fully saturated rings. The van der Waals surface area contributed by atoms with Crippen LogP contribution in [0.1, 0.15) is 40.0 Å². The number of carbonyl (C=O) groups is 1. The summed E-state index contributed by atoms with van der Waals surface area (Å²) < 4.78 is 0. The highest BCUT2D eigenvalue weighted by Gasteiger charge is 2.20. The van der Waals surface area contributed by atoms with Gasteiger partial charge in [0.25, 0.3) is 0 Å². The van der Waals surface area contributed by atoms with E-state index in [1.54, 1.807) is 0 Å². The van der Waals surface area contributed by atoms with Crippen molar-refractivity contribution in [3.05, 3.63) is 11.6 Å². The van der Waals surface area contributed by atoms with Crippen LogP contribution in [0.5, 0.6) is 0 Å². The van der Waals surface area contributed by atoms with Crippen molar-refractivity contribution in [2.24, 2.45) is 0 Å². The second-order valence-electron chi connectivity index (χ2n) is 4.80. The molecule has 1 aliphatic heterocycles. The lowest BCUT2D eigenvalue weighted by Crippen LogP contribution is -2.46. The number of likely N-dealkylation sites (tertiary alicyclic amines) is 1. The Labute approximate surface area is 98.9 Å². The first-order valence-corrected chi connectivity index (χ1v) is 6.27. The summed E-state index contributed by atoms with van der Waals surface area (Å²) in [6.07, 6.45) is 5.70. The van der Waals surface area contributed by atoms with E-state index < -0.39 is 0 Å². The standard InChI is InChI=1S/C13H24N2O/c1-11(2)7-8-14-12(3)13(16)15-9-5-4-6-10-15/h7,12,14H,4-6,8-10H2,1-3H3. The quantitative estimate of drug-likeness (QED) is 0.740. The van der Waals surface area contributed by atoms with Crippen LogP contribution in [0.3, 0.4) is 0 Å². The zero-order chi connectivity index (χ0) is 12.0. The summed E-state index contributed by atoms with van der Waals surface area (Å²) in [4.78, 5) is 14.0. The summed E-state index contributed by atoms with van der Waals surface area (Å²) in [5, 5.41) is 3.24. The molecule has 1 atom stereocenters. The average molecular weight is 224 g/mol. The van der Waals surface area contributed by atoms with Crippen LogP contribution in [0.4, 0.5) is 0 Å². The van der Waals surface area contributed by atoms with E-state index in [2.05, 4.69) is 25.2 Å². The number of rotatable bonds is 4. The van der Waals surface area contributed by atoms with E-state index in [-0.39, 0.29) is 11.9 Å². The molecule has 92 valence electrons. The van der Waals surface area contributed by atoms with Gasteiger partial charge in [0, 0.05) is 19.6 Å². The van der Waals surface area contributed by atoms with E-state index in [1.165, 1.54) is 12.0 Å². The molecule has 1 saturated heterocycles. The number of hydrogen-bond donors (Lipinski definition) is 1. The molecule has 16 heavy (non-hydrogen) atoms. The highest BCUT2D eigenvalue weighted by atomic mass is 16.2. The molecule has 0 spiro atoms. The third-order valence-electron chi connectivity index (χ3n) is 2.97. The minimum atomic E-state index is -0.0614. The minimum absolute atomic E-state index is 0.0614. The molecule has 1 amide bonds. The molecule has 1 aliphatic rings. The van der Waals surface area contributed by atoms with E-state index in [0.29, 0.717) is 0 Å². The Kier molecular flexibility index (Phi) is 5.53. The maximum atomic E-state index is 12.0. The Morgan fingerprint density at radius 2 is 1.94 bits per heavy atom. The summed E-state index contributed by atoms with van der Waals surface area (Å²) in [7, 11) is 0. The first-order chi connectivity index (χ1) is 7.61. The molecular weight excluding hydrogens is 200 g/mol. The van der Waals surface area contributed by atoms with Gasteiger partial charge in [-0.05, 0) is 40.0 Å². The Hall–Kier alpha value is -0.830. The summed E-state index contributed by atoms with van der Waals surface area (Å²) in [5.41, 5.74) is 1.28. The fraction of sp³-hybridized carbons (Fsp3) is 0.769. The Morgan fingerprint density at radius 1 is 1.31 bits per heavy atom. The molecule has 1 heterocycles. The van der Waals surface area contributed by atoms with Crippen molar-refractivity contribution < 1.29 is 4.79 Å². The summed E-state index contributed by atoms with van der Waals surface area (Å²) in [6, 6.07) is -0.0614. The molecule has 0 radical (unpaired) electrons. The van der Waals surface area contributed by atoms with Gasteiger partial charge < -0.3 is 10.2 Å². The predicted molar refractivity (Wildman–Crippen MR) is 67.3 cm³/mol. The molecule has 0 aromatic heterocycles. The second kappa shape index (κ2) is 6.69. The highest BCUT2D eigenvalue weighted by Crippen LogP contribution is 2.09. The smallest absolute Gasteiger partial charge is 0.239 e. The zero-order valence-corrected chi connectivity index (χ0v) is 10.8. The van der Waals surface area contributed by atoms with Gasteiger partial charge in [-0.25, -0.2) is 0 Å². The number of carbonyl (C=O) groups excluding carboxylic acids is 1. The van der Waals surface area contributed by atoms with Crippen molar-refractivity contribution in [1.82, 2.24) is 10.2 Å². The SMILES string of the molecule is CC(C)=CCNC(C)C(=O)N1CCCCC1. The van der Waals surface area contributed by atoms with E-state index in [0.717, 1.165) is 32.5 Å². The first kappa shape index (κ1) is 13.2. The van der Waals surface area contributed by atoms with E-state index in [4.69, 9.17) is 0 Å². The number of hydrogen-bond acceptors (Lipinski definition) is 2. The molecular formula is C13H24N2O. The van der Waals surface area contributed by atoms with Crippen LogP contribution in [0.25, 0.3) is 0 Å². The van der Waals surface area contributed by atoms with Crippen LogP contribution in [-0.2, 0) is 4.79 Å². The lowest BCUT2D eigenvalue weighted by Gasteiger charge is -2.29. The monoisotopic (exact) mass is 224 g/mol. The normalized spacial score (nSPS) is 18.1. The average Bonchev–Trinajstić information content (AvgIpc) is 2.28. The summed E-state index contributed by atoms with van der Waals surface area (Å²) in [6.45, 7) is 8.75. The van der Waals surface area contributed by atoms with Gasteiger partial charge in [-0.3, -0.25) is 4.79 Å². The van der Waals surface area contributed by atoms with E-state index in [9.17, 15) is 4.79 Å². The van der Waals surface area contributed by atoms with Gasteiger partial charge in [-0.1, -0.05) is 11.6 Å². The highest BCUT2D eigenvalue weighted by molar-refractivity contribution is 5.81. The molecule has 0 aromatic rings. The topological polar surface area (TPSA) is 32.3 Å². The molecule has 3 nitrogen and oxygen atoms in total. The third-order valence-corrected chi connectivity index (χ3v) is 2.97. The third kappa shape index (κ3) is 4.35. The van der Waals surface area contributed by atoms with Crippen LogP contribution in [0.15, 0.2) is 11.6 Å². The Bertz CT molecular complexity index is 251. The number of amides is 1. The van der Waals surface area contributed by atoms with Gasteiger partial charge in [0.2, 0.25) is 5.91 Å². The van der Waals surface area contributed by atoms with Crippen LogP contribution < -0.4 is 5.32 Å². The van der Waals surface area contributed by atoms with Gasteiger partial charge in [-0.2, -0.15) is 0 Å². The van der Waals surface area contributed by atoms with Crippen molar-refractivity contribution >= 4 is 5.91 Å². The Balaban J connectivity index is 2.31.